The van der Waals surface area contributed by atoms with Crippen LogP contribution in [0.5, 0.6) is 0 Å². The Morgan fingerprint density at radius 2 is 2.26 bits per heavy atom. The molecule has 19 heavy (non-hydrogen) atoms. The molecule has 1 aromatic carbocycles. The Kier molecular flexibility index (Phi) is 4.68. The van der Waals surface area contributed by atoms with E-state index < -0.39 is 6.10 Å². The summed E-state index contributed by atoms with van der Waals surface area (Å²) in [5.74, 6) is -0.130. The van der Waals surface area contributed by atoms with Crippen LogP contribution >= 0.6 is 23.2 Å². The van der Waals surface area contributed by atoms with Crippen molar-refractivity contribution in [3.8, 4) is 0 Å². The first kappa shape index (κ1) is 14.6. The second kappa shape index (κ2) is 6.09. The highest BCUT2D eigenvalue weighted by Gasteiger charge is 2.28. The van der Waals surface area contributed by atoms with Crippen molar-refractivity contribution in [1.29, 1.82) is 0 Å². The lowest BCUT2D eigenvalue weighted by molar-refractivity contribution is -0.123. The Balaban J connectivity index is 2.00. The molecule has 0 radical (unpaired) electrons. The van der Waals surface area contributed by atoms with Gasteiger partial charge in [-0.25, -0.2) is 0 Å². The van der Waals surface area contributed by atoms with Crippen LogP contribution in [0, 0.1) is 0 Å². The van der Waals surface area contributed by atoms with Crippen molar-refractivity contribution in [2.75, 3.05) is 6.54 Å². The summed E-state index contributed by atoms with van der Waals surface area (Å²) < 4.78 is 0. The molecule has 0 saturated carbocycles. The highest BCUT2D eigenvalue weighted by molar-refractivity contribution is 6.35. The summed E-state index contributed by atoms with van der Waals surface area (Å²) in [5, 5.41) is 16.3. The molecule has 0 aliphatic carbocycles. The molecular weight excluding hydrogens is 287 g/mol. The van der Waals surface area contributed by atoms with E-state index in [0.29, 0.717) is 23.0 Å². The summed E-state index contributed by atoms with van der Waals surface area (Å²) in [5.41, 5.74) is 0.818. The third-order valence-electron chi connectivity index (χ3n) is 3.21. The van der Waals surface area contributed by atoms with E-state index >= 15 is 0 Å². The van der Waals surface area contributed by atoms with Gasteiger partial charge in [0, 0.05) is 16.6 Å². The Hall–Kier alpha value is -0.810. The van der Waals surface area contributed by atoms with Gasteiger partial charge in [0.2, 0.25) is 5.91 Å². The first-order valence-electron chi connectivity index (χ1n) is 6.14. The number of rotatable bonds is 3. The molecule has 2 rings (SSSR count). The van der Waals surface area contributed by atoms with Gasteiger partial charge < -0.3 is 15.7 Å². The Bertz CT molecular complexity index is 482. The molecule has 4 nitrogen and oxygen atoms in total. The van der Waals surface area contributed by atoms with Crippen molar-refractivity contribution in [1.82, 2.24) is 10.6 Å². The van der Waals surface area contributed by atoms with Crippen LogP contribution in [0.15, 0.2) is 18.2 Å². The number of amides is 1. The molecule has 3 atom stereocenters. The number of aliphatic hydroxyl groups is 1. The predicted octanol–water partition coefficient (Wildman–Crippen LogP) is 1.89. The monoisotopic (exact) mass is 302 g/mol. The molecule has 3 unspecified atom stereocenters. The molecule has 1 aliphatic heterocycles. The van der Waals surface area contributed by atoms with E-state index in [-0.39, 0.29) is 18.0 Å². The maximum atomic E-state index is 12.0. The summed E-state index contributed by atoms with van der Waals surface area (Å²) in [7, 11) is 0. The van der Waals surface area contributed by atoms with E-state index in [1.807, 2.05) is 6.92 Å². The quantitative estimate of drug-likeness (QED) is 0.799. The number of nitrogens with one attached hydrogen (secondary N) is 2. The molecule has 1 heterocycles. The zero-order valence-electron chi connectivity index (χ0n) is 10.5. The number of benzene rings is 1. The van der Waals surface area contributed by atoms with Gasteiger partial charge in [-0.15, -0.1) is 0 Å². The van der Waals surface area contributed by atoms with E-state index in [1.54, 1.807) is 18.2 Å². The van der Waals surface area contributed by atoms with Crippen LogP contribution in [-0.4, -0.2) is 29.7 Å². The molecule has 1 aliphatic rings. The summed E-state index contributed by atoms with van der Waals surface area (Å²) in [4.78, 5) is 12.0. The third kappa shape index (κ3) is 3.60. The molecule has 1 fully saturated rings. The minimum Gasteiger partial charge on any atom is -0.392 e. The minimum absolute atomic E-state index is 0.130. The number of carbonyl (C=O) groups is 1. The first-order valence-corrected chi connectivity index (χ1v) is 6.89. The van der Waals surface area contributed by atoms with Crippen LogP contribution in [0.25, 0.3) is 0 Å². The van der Waals surface area contributed by atoms with Gasteiger partial charge in [0.1, 0.15) is 0 Å². The van der Waals surface area contributed by atoms with Crippen LogP contribution in [0.1, 0.15) is 24.9 Å². The molecule has 1 amide bonds. The van der Waals surface area contributed by atoms with Crippen LogP contribution < -0.4 is 10.6 Å². The Morgan fingerprint density at radius 3 is 2.84 bits per heavy atom. The van der Waals surface area contributed by atoms with E-state index in [4.69, 9.17) is 23.2 Å². The SMILES string of the molecule is CC(NC(=O)C1CC(O)CN1)c1ccc(Cl)cc1Cl. The van der Waals surface area contributed by atoms with E-state index in [2.05, 4.69) is 10.6 Å². The van der Waals surface area contributed by atoms with Gasteiger partial charge in [0.15, 0.2) is 0 Å². The molecular formula is C13H16Cl2N2O2. The number of halogens is 2. The standard InChI is InChI=1S/C13H16Cl2N2O2/c1-7(10-3-2-8(14)4-11(10)15)17-13(19)12-5-9(18)6-16-12/h2-4,7,9,12,16,18H,5-6H2,1H3,(H,17,19). The molecule has 3 N–H and O–H groups in total. The Labute approximate surface area is 122 Å². The van der Waals surface area contributed by atoms with Crippen molar-refractivity contribution in [3.05, 3.63) is 33.8 Å². The molecule has 0 spiro atoms. The lowest BCUT2D eigenvalue weighted by Crippen LogP contribution is -2.41. The number of carbonyl (C=O) groups excluding carboxylic acids is 1. The normalized spacial score (nSPS) is 24.2. The smallest absolute Gasteiger partial charge is 0.237 e. The zero-order chi connectivity index (χ0) is 14.0. The average Bonchev–Trinajstić information content (AvgIpc) is 2.75. The maximum Gasteiger partial charge on any atom is 0.237 e. The Morgan fingerprint density at radius 1 is 1.53 bits per heavy atom. The van der Waals surface area contributed by atoms with Crippen molar-refractivity contribution >= 4 is 29.1 Å². The topological polar surface area (TPSA) is 61.4 Å². The maximum absolute atomic E-state index is 12.0. The van der Waals surface area contributed by atoms with Gasteiger partial charge in [0.25, 0.3) is 0 Å². The van der Waals surface area contributed by atoms with Crippen LogP contribution in [0.4, 0.5) is 0 Å². The van der Waals surface area contributed by atoms with Gasteiger partial charge in [-0.3, -0.25) is 4.79 Å². The molecule has 1 aromatic rings. The molecule has 6 heteroatoms. The van der Waals surface area contributed by atoms with E-state index in [9.17, 15) is 9.90 Å². The fourth-order valence-corrected chi connectivity index (χ4v) is 2.73. The number of aliphatic hydroxyl groups excluding tert-OH is 1. The molecule has 1 saturated heterocycles. The second-order valence-corrected chi connectivity index (χ2v) is 5.59. The van der Waals surface area contributed by atoms with E-state index in [0.717, 1.165) is 5.56 Å². The van der Waals surface area contributed by atoms with Gasteiger partial charge in [-0.2, -0.15) is 0 Å². The van der Waals surface area contributed by atoms with Gasteiger partial charge in [0.05, 0.1) is 18.2 Å². The third-order valence-corrected chi connectivity index (χ3v) is 3.77. The van der Waals surface area contributed by atoms with Crippen molar-refractivity contribution < 1.29 is 9.90 Å². The van der Waals surface area contributed by atoms with Crippen molar-refractivity contribution in [2.24, 2.45) is 0 Å². The highest BCUT2D eigenvalue weighted by Crippen LogP contribution is 2.26. The first-order chi connectivity index (χ1) is 8.97. The van der Waals surface area contributed by atoms with Crippen LogP contribution in [0.3, 0.4) is 0 Å². The van der Waals surface area contributed by atoms with Crippen LogP contribution in [0.2, 0.25) is 10.0 Å². The highest BCUT2D eigenvalue weighted by atomic mass is 35.5. The van der Waals surface area contributed by atoms with E-state index in [1.165, 1.54) is 0 Å². The van der Waals surface area contributed by atoms with Crippen molar-refractivity contribution in [3.63, 3.8) is 0 Å². The number of hydrogen-bond donors (Lipinski definition) is 3. The van der Waals surface area contributed by atoms with Gasteiger partial charge in [-0.05, 0) is 31.0 Å². The van der Waals surface area contributed by atoms with Crippen LogP contribution in [-0.2, 0) is 4.79 Å². The second-order valence-electron chi connectivity index (χ2n) is 4.75. The molecule has 104 valence electrons. The summed E-state index contributed by atoms with van der Waals surface area (Å²) in [6.45, 7) is 2.31. The largest absolute Gasteiger partial charge is 0.392 e. The predicted molar refractivity (Wildman–Crippen MR) is 75.4 cm³/mol. The fraction of sp³-hybridized carbons (Fsp3) is 0.462. The number of hydrogen-bond acceptors (Lipinski definition) is 3. The molecule has 0 aromatic heterocycles. The fourth-order valence-electron chi connectivity index (χ4n) is 2.16. The van der Waals surface area contributed by atoms with Gasteiger partial charge >= 0.3 is 0 Å². The lowest BCUT2D eigenvalue weighted by Gasteiger charge is -2.18. The lowest BCUT2D eigenvalue weighted by atomic mass is 10.1. The van der Waals surface area contributed by atoms with Crippen molar-refractivity contribution in [2.45, 2.75) is 31.5 Å². The average molecular weight is 303 g/mol. The van der Waals surface area contributed by atoms with Gasteiger partial charge in [-0.1, -0.05) is 29.3 Å². The summed E-state index contributed by atoms with van der Waals surface area (Å²) in [6.07, 6.45) is -0.0161. The summed E-state index contributed by atoms with van der Waals surface area (Å²) >= 11 is 11.9. The minimum atomic E-state index is -0.454. The number of β-amino-alcohol motifs (C(OH)–C–C–N with tert-alkyl or cyclic N) is 1. The zero-order valence-corrected chi connectivity index (χ0v) is 12.0. The summed E-state index contributed by atoms with van der Waals surface area (Å²) in [6, 6.07) is 4.63. The molecule has 0 bridgehead atoms.